The maximum absolute atomic E-state index is 9.65. The fourth-order valence-corrected chi connectivity index (χ4v) is 1.47. The molecule has 0 fully saturated rings. The van der Waals surface area contributed by atoms with Crippen molar-refractivity contribution in [2.45, 2.75) is 32.6 Å². The summed E-state index contributed by atoms with van der Waals surface area (Å²) in [6.45, 7) is 5.49. The fourth-order valence-electron chi connectivity index (χ4n) is 1.47. The number of aliphatic hydroxyl groups excluding tert-OH is 1. The van der Waals surface area contributed by atoms with Gasteiger partial charge in [0.25, 0.3) is 0 Å². The molecule has 0 aliphatic rings. The molecule has 1 rings (SSSR count). The van der Waals surface area contributed by atoms with E-state index in [1.807, 2.05) is 38.1 Å². The van der Waals surface area contributed by atoms with E-state index in [0.717, 1.165) is 11.3 Å². The minimum Gasteiger partial charge on any atom is -0.497 e. The standard InChI is InChI=1S/C14H23NO3/c1-11(2)15-8-13(16)10-18-9-12-4-6-14(17-3)7-5-12/h4-7,11,13,15-16H,8-10H2,1-3H3. The molecule has 0 saturated carbocycles. The molecule has 0 saturated heterocycles. The molecule has 2 N–H and O–H groups in total. The monoisotopic (exact) mass is 253 g/mol. The normalized spacial score (nSPS) is 12.7. The average molecular weight is 253 g/mol. The number of aliphatic hydroxyl groups is 1. The van der Waals surface area contributed by atoms with Crippen LogP contribution in [0.2, 0.25) is 0 Å². The van der Waals surface area contributed by atoms with Crippen LogP contribution in [0.5, 0.6) is 5.75 Å². The van der Waals surface area contributed by atoms with Crippen molar-refractivity contribution in [1.29, 1.82) is 0 Å². The van der Waals surface area contributed by atoms with E-state index < -0.39 is 6.10 Å². The smallest absolute Gasteiger partial charge is 0.118 e. The molecule has 102 valence electrons. The van der Waals surface area contributed by atoms with E-state index in [4.69, 9.17) is 9.47 Å². The summed E-state index contributed by atoms with van der Waals surface area (Å²) in [5.74, 6) is 0.833. The van der Waals surface area contributed by atoms with Crippen LogP contribution in [0.3, 0.4) is 0 Å². The molecule has 0 aliphatic carbocycles. The third kappa shape index (κ3) is 6.00. The first kappa shape index (κ1) is 15.0. The van der Waals surface area contributed by atoms with Gasteiger partial charge in [-0.25, -0.2) is 0 Å². The zero-order valence-electron chi connectivity index (χ0n) is 11.3. The molecule has 4 nitrogen and oxygen atoms in total. The van der Waals surface area contributed by atoms with Crippen molar-refractivity contribution in [2.75, 3.05) is 20.3 Å². The minimum absolute atomic E-state index is 0.339. The van der Waals surface area contributed by atoms with E-state index in [1.165, 1.54) is 0 Å². The first-order valence-corrected chi connectivity index (χ1v) is 6.24. The van der Waals surface area contributed by atoms with Crippen LogP contribution in [0.4, 0.5) is 0 Å². The van der Waals surface area contributed by atoms with E-state index >= 15 is 0 Å². The van der Waals surface area contributed by atoms with Gasteiger partial charge in [-0.15, -0.1) is 0 Å². The molecule has 1 aromatic carbocycles. The number of hydrogen-bond donors (Lipinski definition) is 2. The fraction of sp³-hybridized carbons (Fsp3) is 0.571. The largest absolute Gasteiger partial charge is 0.497 e. The minimum atomic E-state index is -0.467. The molecule has 0 spiro atoms. The van der Waals surface area contributed by atoms with Crippen molar-refractivity contribution >= 4 is 0 Å². The predicted octanol–water partition coefficient (Wildman–Crippen LogP) is 1.57. The Kier molecular flexibility index (Phi) is 6.72. The SMILES string of the molecule is COc1ccc(COCC(O)CNC(C)C)cc1. The summed E-state index contributed by atoms with van der Waals surface area (Å²) in [5.41, 5.74) is 1.07. The van der Waals surface area contributed by atoms with E-state index in [2.05, 4.69) is 5.32 Å². The van der Waals surface area contributed by atoms with Crippen LogP contribution >= 0.6 is 0 Å². The number of hydrogen-bond acceptors (Lipinski definition) is 4. The zero-order chi connectivity index (χ0) is 13.4. The van der Waals surface area contributed by atoms with Crippen LogP contribution in [0.15, 0.2) is 24.3 Å². The van der Waals surface area contributed by atoms with Crippen LogP contribution in [0, 0.1) is 0 Å². The average Bonchev–Trinajstić information content (AvgIpc) is 2.37. The lowest BCUT2D eigenvalue weighted by molar-refractivity contribution is 0.0280. The number of rotatable bonds is 8. The third-order valence-electron chi connectivity index (χ3n) is 2.50. The number of methoxy groups -OCH3 is 1. The van der Waals surface area contributed by atoms with Crippen LogP contribution in [-0.4, -0.2) is 37.5 Å². The van der Waals surface area contributed by atoms with Gasteiger partial charge < -0.3 is 19.9 Å². The van der Waals surface area contributed by atoms with Gasteiger partial charge in [-0.1, -0.05) is 26.0 Å². The predicted molar refractivity (Wildman–Crippen MR) is 71.8 cm³/mol. The number of nitrogens with one attached hydrogen (secondary N) is 1. The molecule has 1 atom stereocenters. The summed E-state index contributed by atoms with van der Waals surface area (Å²) in [7, 11) is 1.64. The highest BCUT2D eigenvalue weighted by molar-refractivity contribution is 5.26. The second-order valence-corrected chi connectivity index (χ2v) is 4.58. The van der Waals surface area contributed by atoms with Crippen molar-refractivity contribution in [2.24, 2.45) is 0 Å². The van der Waals surface area contributed by atoms with Gasteiger partial charge in [0.15, 0.2) is 0 Å². The molecule has 0 aromatic heterocycles. The Morgan fingerprint density at radius 1 is 1.22 bits per heavy atom. The topological polar surface area (TPSA) is 50.7 Å². The molecule has 0 heterocycles. The van der Waals surface area contributed by atoms with Gasteiger partial charge in [-0.3, -0.25) is 0 Å². The maximum Gasteiger partial charge on any atom is 0.118 e. The number of benzene rings is 1. The summed E-state index contributed by atoms with van der Waals surface area (Å²) in [4.78, 5) is 0. The van der Waals surface area contributed by atoms with Crippen LogP contribution in [-0.2, 0) is 11.3 Å². The first-order chi connectivity index (χ1) is 8.61. The molecular formula is C14H23NO3. The molecule has 18 heavy (non-hydrogen) atoms. The Morgan fingerprint density at radius 3 is 2.44 bits per heavy atom. The van der Waals surface area contributed by atoms with Crippen molar-refractivity contribution in [3.05, 3.63) is 29.8 Å². The van der Waals surface area contributed by atoms with Crippen LogP contribution in [0.25, 0.3) is 0 Å². The third-order valence-corrected chi connectivity index (χ3v) is 2.50. The van der Waals surface area contributed by atoms with Gasteiger partial charge in [-0.2, -0.15) is 0 Å². The Morgan fingerprint density at radius 2 is 1.89 bits per heavy atom. The van der Waals surface area contributed by atoms with Gasteiger partial charge >= 0.3 is 0 Å². The highest BCUT2D eigenvalue weighted by Crippen LogP contribution is 2.11. The summed E-state index contributed by atoms with van der Waals surface area (Å²) in [6.07, 6.45) is -0.467. The van der Waals surface area contributed by atoms with Crippen molar-refractivity contribution in [3.63, 3.8) is 0 Å². The molecule has 4 heteroatoms. The Labute approximate surface area is 109 Å². The highest BCUT2D eigenvalue weighted by atomic mass is 16.5. The van der Waals surface area contributed by atoms with Gasteiger partial charge in [-0.05, 0) is 17.7 Å². The van der Waals surface area contributed by atoms with Crippen LogP contribution < -0.4 is 10.1 Å². The molecular weight excluding hydrogens is 230 g/mol. The summed E-state index contributed by atoms with van der Waals surface area (Å²) in [6, 6.07) is 8.08. The second kappa shape index (κ2) is 8.08. The van der Waals surface area contributed by atoms with E-state index in [0.29, 0.717) is 25.8 Å². The summed E-state index contributed by atoms with van der Waals surface area (Å²) < 4.78 is 10.5. The molecule has 0 amide bonds. The lowest BCUT2D eigenvalue weighted by atomic mass is 10.2. The van der Waals surface area contributed by atoms with Crippen molar-refractivity contribution in [3.8, 4) is 5.75 Å². The molecule has 1 unspecified atom stereocenters. The van der Waals surface area contributed by atoms with E-state index in [1.54, 1.807) is 7.11 Å². The van der Waals surface area contributed by atoms with Crippen molar-refractivity contribution in [1.82, 2.24) is 5.32 Å². The highest BCUT2D eigenvalue weighted by Gasteiger charge is 2.05. The Hall–Kier alpha value is -1.10. The van der Waals surface area contributed by atoms with E-state index in [9.17, 15) is 5.11 Å². The molecule has 0 aliphatic heterocycles. The lowest BCUT2D eigenvalue weighted by Gasteiger charge is -2.14. The van der Waals surface area contributed by atoms with Gasteiger partial charge in [0.2, 0.25) is 0 Å². The van der Waals surface area contributed by atoms with Crippen LogP contribution in [0.1, 0.15) is 19.4 Å². The second-order valence-electron chi connectivity index (χ2n) is 4.58. The summed E-state index contributed by atoms with van der Waals surface area (Å²) >= 11 is 0. The zero-order valence-corrected chi connectivity index (χ0v) is 11.3. The van der Waals surface area contributed by atoms with Gasteiger partial charge in [0, 0.05) is 12.6 Å². The molecule has 0 radical (unpaired) electrons. The molecule has 0 bridgehead atoms. The van der Waals surface area contributed by atoms with Gasteiger partial charge in [0.1, 0.15) is 5.75 Å². The quantitative estimate of drug-likeness (QED) is 0.738. The maximum atomic E-state index is 9.65. The number of ether oxygens (including phenoxy) is 2. The lowest BCUT2D eigenvalue weighted by Crippen LogP contribution is -2.34. The van der Waals surface area contributed by atoms with Gasteiger partial charge in [0.05, 0.1) is 26.4 Å². The van der Waals surface area contributed by atoms with E-state index in [-0.39, 0.29) is 0 Å². The molecule has 1 aromatic rings. The Balaban J connectivity index is 2.20. The Bertz CT molecular complexity index is 324. The summed E-state index contributed by atoms with van der Waals surface area (Å²) in [5, 5.41) is 12.8. The first-order valence-electron chi connectivity index (χ1n) is 6.24. The van der Waals surface area contributed by atoms with Crippen molar-refractivity contribution < 1.29 is 14.6 Å².